The number of carbonyl (C=O) groups excluding carboxylic acids is 2. The van der Waals surface area contributed by atoms with Crippen LogP contribution >= 0.6 is 11.6 Å². The van der Waals surface area contributed by atoms with Gasteiger partial charge in [0, 0.05) is 29.2 Å². The van der Waals surface area contributed by atoms with Crippen molar-refractivity contribution >= 4 is 46.0 Å². The maximum atomic E-state index is 12.7. The summed E-state index contributed by atoms with van der Waals surface area (Å²) in [6, 6.07) is 11.1. The number of amides is 1. The van der Waals surface area contributed by atoms with Crippen molar-refractivity contribution in [3.8, 4) is 0 Å². The van der Waals surface area contributed by atoms with Gasteiger partial charge in [0.05, 0.1) is 22.8 Å². The lowest BCUT2D eigenvalue weighted by molar-refractivity contribution is -0.117. The summed E-state index contributed by atoms with van der Waals surface area (Å²) in [5, 5.41) is 4.22. The largest absolute Gasteiger partial charge is 0.443 e. The first-order valence-electron chi connectivity index (χ1n) is 10.6. The third-order valence-electron chi connectivity index (χ3n) is 5.47. The van der Waals surface area contributed by atoms with Crippen LogP contribution in [0.1, 0.15) is 52.6 Å². The van der Waals surface area contributed by atoms with Crippen molar-refractivity contribution in [1.82, 2.24) is 9.55 Å². The number of nitrogens with zero attached hydrogens (tertiary/aromatic N) is 3. The smallest absolute Gasteiger partial charge is 0.420 e. The van der Waals surface area contributed by atoms with E-state index in [0.29, 0.717) is 22.5 Å². The summed E-state index contributed by atoms with van der Waals surface area (Å²) in [7, 11) is 0. The van der Waals surface area contributed by atoms with E-state index in [4.69, 9.17) is 16.3 Å². The first kappa shape index (κ1) is 22.1. The van der Waals surface area contributed by atoms with Crippen LogP contribution in [-0.2, 0) is 9.53 Å². The first-order chi connectivity index (χ1) is 15.0. The maximum Gasteiger partial charge on any atom is 0.420 e. The van der Waals surface area contributed by atoms with Gasteiger partial charge in [0.15, 0.2) is 0 Å². The molecular weight excluding hydrogens is 428 g/mol. The second-order valence-corrected chi connectivity index (χ2v) is 9.58. The molecule has 0 aliphatic carbocycles. The minimum absolute atomic E-state index is 0.00445. The van der Waals surface area contributed by atoms with Crippen molar-refractivity contribution in [2.24, 2.45) is 0 Å². The van der Waals surface area contributed by atoms with Gasteiger partial charge in [-0.05, 0) is 70.5 Å². The summed E-state index contributed by atoms with van der Waals surface area (Å²) in [6.07, 6.45) is 1.68. The minimum atomic E-state index is -0.624. The van der Waals surface area contributed by atoms with E-state index >= 15 is 0 Å². The van der Waals surface area contributed by atoms with Crippen LogP contribution in [0, 0.1) is 0 Å². The molecular formula is C24H27ClN4O3. The number of imidazole rings is 1. The molecule has 1 aliphatic heterocycles. The predicted molar refractivity (Wildman–Crippen MR) is 126 cm³/mol. The van der Waals surface area contributed by atoms with E-state index in [2.05, 4.69) is 10.3 Å². The molecule has 3 aromatic rings. The normalized spacial score (nSPS) is 18.4. The summed E-state index contributed by atoms with van der Waals surface area (Å²) < 4.78 is 6.95. The fourth-order valence-corrected chi connectivity index (χ4v) is 4.39. The molecule has 1 aromatic heterocycles. The Morgan fingerprint density at radius 3 is 2.47 bits per heavy atom. The summed E-state index contributed by atoms with van der Waals surface area (Å²) in [4.78, 5) is 31.6. The third-order valence-corrected chi connectivity index (χ3v) is 5.73. The number of nitrogens with one attached hydrogen (secondary N) is 1. The number of halogens is 1. The van der Waals surface area contributed by atoms with E-state index in [9.17, 15) is 9.59 Å². The molecule has 8 heteroatoms. The zero-order chi connectivity index (χ0) is 23.2. The maximum absolute atomic E-state index is 12.7. The quantitative estimate of drug-likeness (QED) is 0.531. The molecule has 7 nitrogen and oxygen atoms in total. The van der Waals surface area contributed by atoms with Crippen molar-refractivity contribution in [2.75, 3.05) is 10.2 Å². The average Bonchev–Trinajstić information content (AvgIpc) is 3.12. The van der Waals surface area contributed by atoms with Crippen LogP contribution in [0.5, 0.6) is 0 Å². The molecule has 0 fully saturated rings. The van der Waals surface area contributed by atoms with E-state index in [1.165, 1.54) is 10.9 Å². The Morgan fingerprint density at radius 2 is 1.84 bits per heavy atom. The second kappa shape index (κ2) is 8.13. The molecule has 0 spiro atoms. The monoisotopic (exact) mass is 454 g/mol. The number of anilines is 2. The third kappa shape index (κ3) is 4.17. The zero-order valence-electron chi connectivity index (χ0n) is 18.8. The molecule has 0 radical (unpaired) electrons. The molecule has 32 heavy (non-hydrogen) atoms. The van der Waals surface area contributed by atoms with Gasteiger partial charge in [-0.25, -0.2) is 14.3 Å². The van der Waals surface area contributed by atoms with Crippen LogP contribution in [0.2, 0.25) is 5.02 Å². The summed E-state index contributed by atoms with van der Waals surface area (Å²) in [5.74, 6) is -0.0328. The van der Waals surface area contributed by atoms with Gasteiger partial charge in [-0.1, -0.05) is 11.6 Å². The summed E-state index contributed by atoms with van der Waals surface area (Å²) in [5.41, 5.74) is 3.27. The molecule has 2 aromatic carbocycles. The Bertz CT molecular complexity index is 1180. The van der Waals surface area contributed by atoms with Crippen LogP contribution in [0.4, 0.5) is 16.2 Å². The van der Waals surface area contributed by atoms with Crippen molar-refractivity contribution < 1.29 is 14.3 Å². The number of carbonyl (C=O) groups is 2. The van der Waals surface area contributed by atoms with Crippen LogP contribution in [-0.4, -0.2) is 33.2 Å². The van der Waals surface area contributed by atoms with E-state index in [1.54, 1.807) is 11.8 Å². The highest BCUT2D eigenvalue weighted by atomic mass is 35.5. The summed E-state index contributed by atoms with van der Waals surface area (Å²) in [6.45, 7) is 9.07. The Balaban J connectivity index is 1.83. The fourth-order valence-electron chi connectivity index (χ4n) is 4.26. The molecule has 4 rings (SSSR count). The van der Waals surface area contributed by atoms with Crippen LogP contribution < -0.4 is 10.2 Å². The van der Waals surface area contributed by atoms with Gasteiger partial charge in [0.1, 0.15) is 11.9 Å². The van der Waals surface area contributed by atoms with E-state index in [1.807, 2.05) is 64.1 Å². The van der Waals surface area contributed by atoms with E-state index in [-0.39, 0.29) is 18.0 Å². The first-order valence-corrected chi connectivity index (χ1v) is 11.0. The fraction of sp³-hybridized carbons (Fsp3) is 0.375. The molecule has 0 saturated heterocycles. The molecule has 2 atom stereocenters. The number of fused-ring (bicyclic) bond motifs is 3. The molecule has 168 valence electrons. The van der Waals surface area contributed by atoms with Crippen molar-refractivity contribution in [3.05, 3.63) is 53.3 Å². The number of aromatic nitrogens is 2. The molecule has 0 unspecified atom stereocenters. The standard InChI is InChI=1S/C24H27ClN4O3/c1-14-12-18(27-17-8-6-16(25)7-9-17)21-19(29(14)15(2)30)10-11-20-22(21)26-13-28(20)23(31)32-24(3,4)5/h6-11,13-14,18,27H,12H2,1-5H3/t14-,18+/m1/s1. The van der Waals surface area contributed by atoms with Gasteiger partial charge in [0.25, 0.3) is 0 Å². The van der Waals surface area contributed by atoms with Crippen molar-refractivity contribution in [2.45, 2.75) is 58.7 Å². The number of ether oxygens (including phenoxy) is 1. The SMILES string of the molecule is CC(=O)N1c2ccc3c(ncn3C(=O)OC(C)(C)C)c2[C@@H](Nc2ccc(Cl)cc2)C[C@H]1C. The van der Waals surface area contributed by atoms with Crippen LogP contribution in [0.15, 0.2) is 42.7 Å². The number of hydrogen-bond donors (Lipinski definition) is 1. The number of benzene rings is 2. The Morgan fingerprint density at radius 1 is 1.16 bits per heavy atom. The highest BCUT2D eigenvalue weighted by Gasteiger charge is 2.35. The molecule has 1 amide bonds. The summed E-state index contributed by atoms with van der Waals surface area (Å²) >= 11 is 6.04. The Labute approximate surface area is 192 Å². The van der Waals surface area contributed by atoms with Gasteiger partial charge in [0.2, 0.25) is 5.91 Å². The second-order valence-electron chi connectivity index (χ2n) is 9.14. The lowest BCUT2D eigenvalue weighted by atomic mass is 9.90. The predicted octanol–water partition coefficient (Wildman–Crippen LogP) is 5.77. The molecule has 2 heterocycles. The van der Waals surface area contributed by atoms with Gasteiger partial charge in [-0.2, -0.15) is 0 Å². The van der Waals surface area contributed by atoms with Gasteiger partial charge >= 0.3 is 6.09 Å². The highest BCUT2D eigenvalue weighted by Crippen LogP contribution is 2.42. The number of rotatable bonds is 2. The topological polar surface area (TPSA) is 76.5 Å². The van der Waals surface area contributed by atoms with Gasteiger partial charge < -0.3 is 15.0 Å². The zero-order valence-corrected chi connectivity index (χ0v) is 19.6. The number of hydrogen-bond acceptors (Lipinski definition) is 5. The van der Waals surface area contributed by atoms with Gasteiger partial charge in [-0.15, -0.1) is 0 Å². The lowest BCUT2D eigenvalue weighted by Crippen LogP contribution is -2.43. The lowest BCUT2D eigenvalue weighted by Gasteiger charge is -2.39. The molecule has 1 aliphatic rings. The van der Waals surface area contributed by atoms with E-state index < -0.39 is 11.7 Å². The van der Waals surface area contributed by atoms with Crippen molar-refractivity contribution in [1.29, 1.82) is 0 Å². The van der Waals surface area contributed by atoms with Crippen LogP contribution in [0.3, 0.4) is 0 Å². The van der Waals surface area contributed by atoms with Gasteiger partial charge in [-0.3, -0.25) is 4.79 Å². The average molecular weight is 455 g/mol. The molecule has 1 N–H and O–H groups in total. The molecule has 0 bridgehead atoms. The molecule has 0 saturated carbocycles. The van der Waals surface area contributed by atoms with Crippen molar-refractivity contribution in [3.63, 3.8) is 0 Å². The van der Waals surface area contributed by atoms with E-state index in [0.717, 1.165) is 16.9 Å². The Hall–Kier alpha value is -3.06. The minimum Gasteiger partial charge on any atom is -0.443 e. The Kier molecular flexibility index (Phi) is 5.63. The highest BCUT2D eigenvalue weighted by molar-refractivity contribution is 6.30. The van der Waals surface area contributed by atoms with Crippen LogP contribution in [0.25, 0.3) is 11.0 Å².